The van der Waals surface area contributed by atoms with Crippen molar-refractivity contribution in [1.29, 1.82) is 0 Å². The highest BCUT2D eigenvalue weighted by molar-refractivity contribution is 9.10. The van der Waals surface area contributed by atoms with Crippen molar-refractivity contribution < 1.29 is 16.8 Å². The third-order valence-corrected chi connectivity index (χ3v) is 7.35. The molecule has 1 unspecified atom stereocenters. The summed E-state index contributed by atoms with van der Waals surface area (Å²) < 4.78 is 49.5. The van der Waals surface area contributed by atoms with Crippen LogP contribution in [-0.2, 0) is 19.9 Å². The van der Waals surface area contributed by atoms with E-state index >= 15 is 0 Å². The van der Waals surface area contributed by atoms with E-state index in [0.29, 0.717) is 10.9 Å². The van der Waals surface area contributed by atoms with E-state index in [9.17, 15) is 16.8 Å². The molecular formula is C10H14BrN3O4S2. The minimum Gasteiger partial charge on any atom is -0.383 e. The van der Waals surface area contributed by atoms with Gasteiger partial charge in [0.2, 0.25) is 10.0 Å². The SMILES string of the molecule is CN(C1CCS(=O)(=O)C1)S(=O)(=O)c1cc(Br)cnc1N. The Kier molecular flexibility index (Phi) is 4.11. The van der Waals surface area contributed by atoms with Crippen LogP contribution in [0.4, 0.5) is 5.82 Å². The summed E-state index contributed by atoms with van der Waals surface area (Å²) in [5.41, 5.74) is 5.61. The molecule has 0 spiro atoms. The number of sulfonamides is 1. The van der Waals surface area contributed by atoms with Crippen molar-refractivity contribution in [2.75, 3.05) is 24.3 Å². The summed E-state index contributed by atoms with van der Waals surface area (Å²) in [4.78, 5) is 3.66. The van der Waals surface area contributed by atoms with Gasteiger partial charge in [-0.3, -0.25) is 0 Å². The lowest BCUT2D eigenvalue weighted by molar-refractivity contribution is 0.394. The second kappa shape index (κ2) is 5.24. The van der Waals surface area contributed by atoms with Crippen LogP contribution in [0.3, 0.4) is 0 Å². The van der Waals surface area contributed by atoms with Gasteiger partial charge < -0.3 is 5.73 Å². The summed E-state index contributed by atoms with van der Waals surface area (Å²) in [5, 5.41) is 0. The Morgan fingerprint density at radius 2 is 2.15 bits per heavy atom. The Morgan fingerprint density at radius 3 is 2.70 bits per heavy atom. The molecule has 10 heteroatoms. The monoisotopic (exact) mass is 383 g/mol. The number of halogens is 1. The standard InChI is InChI=1S/C10H14BrN3O4S2/c1-14(8-2-3-19(15,16)6-8)20(17,18)9-4-7(11)5-13-10(9)12/h4-5,8H,2-3,6H2,1H3,(H2,12,13). The fourth-order valence-electron chi connectivity index (χ4n) is 2.05. The van der Waals surface area contributed by atoms with Gasteiger partial charge in [0.15, 0.2) is 9.84 Å². The van der Waals surface area contributed by atoms with Crippen LogP contribution in [-0.4, -0.2) is 50.7 Å². The van der Waals surface area contributed by atoms with Crippen molar-refractivity contribution in [3.8, 4) is 0 Å². The zero-order chi connectivity index (χ0) is 15.1. The zero-order valence-electron chi connectivity index (χ0n) is 10.7. The first-order chi connectivity index (χ1) is 9.13. The number of hydrogen-bond donors (Lipinski definition) is 1. The molecule has 1 aromatic heterocycles. The minimum atomic E-state index is -3.87. The number of pyridine rings is 1. The molecule has 1 saturated heterocycles. The van der Waals surface area contributed by atoms with E-state index in [1.807, 2.05) is 0 Å². The van der Waals surface area contributed by atoms with Crippen LogP contribution in [0.5, 0.6) is 0 Å². The van der Waals surface area contributed by atoms with Crippen molar-refractivity contribution in [2.24, 2.45) is 0 Å². The van der Waals surface area contributed by atoms with Gasteiger partial charge in [-0.15, -0.1) is 0 Å². The summed E-state index contributed by atoms with van der Waals surface area (Å²) in [7, 11) is -5.68. The van der Waals surface area contributed by atoms with Gasteiger partial charge in [-0.05, 0) is 28.4 Å². The van der Waals surface area contributed by atoms with E-state index in [1.54, 1.807) is 0 Å². The van der Waals surface area contributed by atoms with Crippen LogP contribution < -0.4 is 5.73 Å². The van der Waals surface area contributed by atoms with Crippen LogP contribution in [0, 0.1) is 0 Å². The number of rotatable bonds is 3. The first-order valence-electron chi connectivity index (χ1n) is 5.73. The molecule has 7 nitrogen and oxygen atoms in total. The smallest absolute Gasteiger partial charge is 0.246 e. The predicted molar refractivity (Wildman–Crippen MR) is 78.4 cm³/mol. The second-order valence-electron chi connectivity index (χ2n) is 4.62. The van der Waals surface area contributed by atoms with Gasteiger partial charge in [-0.25, -0.2) is 21.8 Å². The third-order valence-electron chi connectivity index (χ3n) is 3.23. The molecule has 0 radical (unpaired) electrons. The zero-order valence-corrected chi connectivity index (χ0v) is 13.9. The summed E-state index contributed by atoms with van der Waals surface area (Å²) in [6.07, 6.45) is 1.69. The molecule has 0 aliphatic carbocycles. The van der Waals surface area contributed by atoms with Crippen LogP contribution in [0.15, 0.2) is 21.6 Å². The highest BCUT2D eigenvalue weighted by Gasteiger charge is 2.37. The van der Waals surface area contributed by atoms with Gasteiger partial charge in [0, 0.05) is 23.8 Å². The maximum absolute atomic E-state index is 12.5. The quantitative estimate of drug-likeness (QED) is 0.799. The topological polar surface area (TPSA) is 110 Å². The normalized spacial score (nSPS) is 22.2. The summed E-state index contributed by atoms with van der Waals surface area (Å²) >= 11 is 3.14. The maximum Gasteiger partial charge on any atom is 0.246 e. The maximum atomic E-state index is 12.5. The molecular weight excluding hydrogens is 370 g/mol. The van der Waals surface area contributed by atoms with Gasteiger partial charge >= 0.3 is 0 Å². The van der Waals surface area contributed by atoms with Crippen molar-refractivity contribution in [1.82, 2.24) is 9.29 Å². The first-order valence-corrected chi connectivity index (χ1v) is 9.78. The first kappa shape index (κ1) is 15.7. The molecule has 0 amide bonds. The van der Waals surface area contributed by atoms with Crippen molar-refractivity contribution >= 4 is 41.6 Å². The lowest BCUT2D eigenvalue weighted by Gasteiger charge is -2.23. The lowest BCUT2D eigenvalue weighted by atomic mass is 10.3. The number of nitrogens with zero attached hydrogens (tertiary/aromatic N) is 2. The van der Waals surface area contributed by atoms with E-state index in [-0.39, 0.29) is 22.2 Å². The van der Waals surface area contributed by atoms with E-state index in [4.69, 9.17) is 5.73 Å². The van der Waals surface area contributed by atoms with Crippen LogP contribution in [0.1, 0.15) is 6.42 Å². The molecule has 2 N–H and O–H groups in total. The molecule has 1 fully saturated rings. The highest BCUT2D eigenvalue weighted by atomic mass is 79.9. The van der Waals surface area contributed by atoms with Crippen molar-refractivity contribution in [2.45, 2.75) is 17.4 Å². The number of nitrogen functional groups attached to an aromatic ring is 1. The molecule has 0 aromatic carbocycles. The summed E-state index contributed by atoms with van der Waals surface area (Å²) in [6.45, 7) is 0. The summed E-state index contributed by atoms with van der Waals surface area (Å²) in [6, 6.07) is 0.792. The Morgan fingerprint density at radius 1 is 1.50 bits per heavy atom. The average Bonchev–Trinajstić information content (AvgIpc) is 2.71. The number of anilines is 1. The number of sulfone groups is 1. The molecule has 20 heavy (non-hydrogen) atoms. The molecule has 112 valence electrons. The molecule has 1 aliphatic rings. The Balaban J connectivity index is 2.38. The molecule has 1 aromatic rings. The van der Waals surface area contributed by atoms with E-state index < -0.39 is 25.9 Å². The largest absolute Gasteiger partial charge is 0.383 e. The predicted octanol–water partition coefficient (Wildman–Crippen LogP) is 0.234. The van der Waals surface area contributed by atoms with Gasteiger partial charge in [0.1, 0.15) is 10.7 Å². The highest BCUT2D eigenvalue weighted by Crippen LogP contribution is 2.27. The van der Waals surface area contributed by atoms with Crippen molar-refractivity contribution in [3.05, 3.63) is 16.7 Å². The van der Waals surface area contributed by atoms with Crippen molar-refractivity contribution in [3.63, 3.8) is 0 Å². The molecule has 1 aliphatic heterocycles. The Labute approximate surface area is 126 Å². The minimum absolute atomic E-state index is 0.00371. The fraction of sp³-hybridized carbons (Fsp3) is 0.500. The van der Waals surface area contributed by atoms with Gasteiger partial charge in [0.25, 0.3) is 0 Å². The third kappa shape index (κ3) is 2.97. The van der Waals surface area contributed by atoms with Crippen LogP contribution in [0.25, 0.3) is 0 Å². The van der Waals surface area contributed by atoms with E-state index in [0.717, 1.165) is 4.31 Å². The van der Waals surface area contributed by atoms with Crippen LogP contribution >= 0.6 is 15.9 Å². The second-order valence-corrected chi connectivity index (χ2v) is 9.73. The lowest BCUT2D eigenvalue weighted by Crippen LogP contribution is -2.38. The summed E-state index contributed by atoms with van der Waals surface area (Å²) in [5.74, 6) is -0.269. The van der Waals surface area contributed by atoms with Gasteiger partial charge in [-0.2, -0.15) is 4.31 Å². The number of nitrogens with two attached hydrogens (primary N) is 1. The van der Waals surface area contributed by atoms with Crippen LogP contribution in [0.2, 0.25) is 0 Å². The number of hydrogen-bond acceptors (Lipinski definition) is 6. The molecule has 1 atom stereocenters. The molecule has 2 heterocycles. The van der Waals surface area contributed by atoms with E-state index in [1.165, 1.54) is 19.3 Å². The van der Waals surface area contributed by atoms with Gasteiger partial charge in [-0.1, -0.05) is 0 Å². The number of aromatic nitrogens is 1. The van der Waals surface area contributed by atoms with E-state index in [2.05, 4.69) is 20.9 Å². The fourth-order valence-corrected chi connectivity index (χ4v) is 5.88. The molecule has 2 rings (SSSR count). The average molecular weight is 384 g/mol. The Hall–Kier alpha value is -0.710. The molecule has 0 bridgehead atoms. The Bertz CT molecular complexity index is 733. The molecule has 0 saturated carbocycles. The van der Waals surface area contributed by atoms with Gasteiger partial charge in [0.05, 0.1) is 11.5 Å².